The number of halogens is 8. The van der Waals surface area contributed by atoms with Gasteiger partial charge in [-0.15, -0.1) is 0 Å². The minimum Gasteiger partial charge on any atom is -0.383 e. The van der Waals surface area contributed by atoms with Crippen molar-refractivity contribution in [2.24, 2.45) is 0 Å². The molecule has 36 heavy (non-hydrogen) atoms. The number of aliphatic hydroxyl groups excluding tert-OH is 1. The fourth-order valence-corrected chi connectivity index (χ4v) is 3.80. The largest absolute Gasteiger partial charge is 0.416 e. The molecule has 2 N–H and O–H groups in total. The number of benzene rings is 3. The molecule has 0 radical (unpaired) electrons. The summed E-state index contributed by atoms with van der Waals surface area (Å²) in [6.07, 6.45) is -14.9. The maximum atomic E-state index is 14.5. The normalized spacial score (nSPS) is 14.7. The number of aliphatic hydroxyl groups is 1. The zero-order valence-corrected chi connectivity index (χ0v) is 18.3. The van der Waals surface area contributed by atoms with Crippen LogP contribution in [0.3, 0.4) is 0 Å². The Kier molecular flexibility index (Phi) is 7.73. The SMILES string of the molecule is O=C(N[C@@](Cc1ccccc1)(c1ccc(F)cc1)c1cc(F)cc(C(F)(F)F)c1)[C@H](O)CC(F)(F)F. The predicted molar refractivity (Wildman–Crippen MR) is 114 cm³/mol. The third kappa shape index (κ3) is 6.60. The topological polar surface area (TPSA) is 49.3 Å². The van der Waals surface area contributed by atoms with Crippen molar-refractivity contribution in [1.82, 2.24) is 5.32 Å². The van der Waals surface area contributed by atoms with E-state index >= 15 is 0 Å². The average molecular weight is 517 g/mol. The van der Waals surface area contributed by atoms with Crippen molar-refractivity contribution in [2.75, 3.05) is 0 Å². The minimum atomic E-state index is -5.00. The predicted octanol–water partition coefficient (Wildman–Crippen LogP) is 5.90. The van der Waals surface area contributed by atoms with Crippen LogP contribution in [0.15, 0.2) is 72.8 Å². The number of hydrogen-bond acceptors (Lipinski definition) is 2. The van der Waals surface area contributed by atoms with Gasteiger partial charge in [0.2, 0.25) is 5.91 Å². The van der Waals surface area contributed by atoms with Gasteiger partial charge in [0.1, 0.15) is 17.7 Å². The van der Waals surface area contributed by atoms with Gasteiger partial charge in [-0.25, -0.2) is 8.78 Å². The first-order valence-corrected chi connectivity index (χ1v) is 10.4. The maximum Gasteiger partial charge on any atom is 0.416 e. The lowest BCUT2D eigenvalue weighted by Gasteiger charge is -2.37. The lowest BCUT2D eigenvalue weighted by atomic mass is 9.77. The molecule has 3 aromatic rings. The summed E-state index contributed by atoms with van der Waals surface area (Å²) in [4.78, 5) is 12.8. The Bertz CT molecular complexity index is 1190. The van der Waals surface area contributed by atoms with Crippen LogP contribution in [-0.2, 0) is 22.9 Å². The quantitative estimate of drug-likeness (QED) is 0.384. The van der Waals surface area contributed by atoms with E-state index < -0.39 is 59.1 Å². The summed E-state index contributed by atoms with van der Waals surface area (Å²) in [5.41, 5.74) is -3.68. The van der Waals surface area contributed by atoms with Crippen molar-refractivity contribution in [3.05, 3.63) is 107 Å². The zero-order valence-electron chi connectivity index (χ0n) is 18.3. The molecule has 0 fully saturated rings. The standard InChI is InChI=1S/C25H19F8NO2/c26-19-8-6-16(7-9-19)23(13-15-4-2-1-3-5-15,34-22(36)21(35)14-24(28,29)30)17-10-18(25(31,32)33)12-20(27)11-17/h1-12,21,35H,13-14H2,(H,34,36)/t21-,23+/m1/s1. The molecule has 0 saturated heterocycles. The molecule has 3 aromatic carbocycles. The van der Waals surface area contributed by atoms with Crippen LogP contribution in [0.25, 0.3) is 0 Å². The highest BCUT2D eigenvalue weighted by atomic mass is 19.4. The summed E-state index contributed by atoms with van der Waals surface area (Å²) in [7, 11) is 0. The second-order valence-electron chi connectivity index (χ2n) is 8.13. The van der Waals surface area contributed by atoms with Gasteiger partial charge >= 0.3 is 12.4 Å². The second kappa shape index (κ2) is 10.3. The first-order chi connectivity index (χ1) is 16.7. The number of nitrogens with one attached hydrogen (secondary N) is 1. The lowest BCUT2D eigenvalue weighted by Crippen LogP contribution is -2.52. The number of rotatable bonds is 7. The Morgan fingerprint density at radius 1 is 0.778 bits per heavy atom. The van der Waals surface area contributed by atoms with Crippen LogP contribution in [-0.4, -0.2) is 23.3 Å². The van der Waals surface area contributed by atoms with Crippen LogP contribution in [0.1, 0.15) is 28.7 Å². The van der Waals surface area contributed by atoms with Crippen LogP contribution in [0.2, 0.25) is 0 Å². The van der Waals surface area contributed by atoms with Crippen molar-refractivity contribution in [1.29, 1.82) is 0 Å². The number of alkyl halides is 6. The van der Waals surface area contributed by atoms with Gasteiger partial charge in [-0.1, -0.05) is 42.5 Å². The Hall–Kier alpha value is -3.47. The fourth-order valence-electron chi connectivity index (χ4n) is 3.80. The molecule has 1 amide bonds. The molecule has 3 nitrogen and oxygen atoms in total. The summed E-state index contributed by atoms with van der Waals surface area (Å²) in [6, 6.07) is 13.3. The molecule has 3 rings (SSSR count). The van der Waals surface area contributed by atoms with Crippen molar-refractivity contribution in [3.63, 3.8) is 0 Å². The molecule has 0 bridgehead atoms. The third-order valence-electron chi connectivity index (χ3n) is 5.43. The highest BCUT2D eigenvalue weighted by Crippen LogP contribution is 2.38. The van der Waals surface area contributed by atoms with Crippen LogP contribution in [0.4, 0.5) is 35.1 Å². The molecule has 0 aliphatic carbocycles. The van der Waals surface area contributed by atoms with E-state index in [1.807, 2.05) is 0 Å². The Morgan fingerprint density at radius 3 is 1.92 bits per heavy atom. The molecule has 192 valence electrons. The zero-order chi connectivity index (χ0) is 26.7. The number of carbonyl (C=O) groups is 1. The van der Waals surface area contributed by atoms with Crippen LogP contribution in [0.5, 0.6) is 0 Å². The number of hydrogen-bond donors (Lipinski definition) is 2. The van der Waals surface area contributed by atoms with E-state index in [4.69, 9.17) is 0 Å². The van der Waals surface area contributed by atoms with Gasteiger partial charge in [-0.05, 0) is 47.0 Å². The van der Waals surface area contributed by atoms with Crippen molar-refractivity contribution in [3.8, 4) is 0 Å². The number of amides is 1. The summed E-state index contributed by atoms with van der Waals surface area (Å²) in [5, 5.41) is 12.1. The molecular formula is C25H19F8NO2. The fraction of sp³-hybridized carbons (Fsp3) is 0.240. The van der Waals surface area contributed by atoms with Gasteiger partial charge in [0.05, 0.1) is 17.5 Å². The highest BCUT2D eigenvalue weighted by molar-refractivity contribution is 5.82. The monoisotopic (exact) mass is 517 g/mol. The summed E-state index contributed by atoms with van der Waals surface area (Å²) in [6.45, 7) is 0. The minimum absolute atomic E-state index is 0.0564. The van der Waals surface area contributed by atoms with E-state index in [0.29, 0.717) is 17.7 Å². The summed E-state index contributed by atoms with van der Waals surface area (Å²) >= 11 is 0. The third-order valence-corrected chi connectivity index (χ3v) is 5.43. The Morgan fingerprint density at radius 2 is 1.36 bits per heavy atom. The highest BCUT2D eigenvalue weighted by Gasteiger charge is 2.42. The van der Waals surface area contributed by atoms with Gasteiger partial charge < -0.3 is 10.4 Å². The number of carbonyl (C=O) groups excluding carboxylic acids is 1. The van der Waals surface area contributed by atoms with Gasteiger partial charge in [0.15, 0.2) is 0 Å². The van der Waals surface area contributed by atoms with Gasteiger partial charge in [-0.2, -0.15) is 26.3 Å². The molecule has 2 atom stereocenters. The first kappa shape index (κ1) is 27.1. The van der Waals surface area contributed by atoms with Gasteiger partial charge in [0, 0.05) is 6.42 Å². The molecule has 0 unspecified atom stereocenters. The molecule has 11 heteroatoms. The van der Waals surface area contributed by atoms with E-state index in [9.17, 15) is 45.0 Å². The Balaban J connectivity index is 2.27. The van der Waals surface area contributed by atoms with E-state index in [-0.39, 0.29) is 18.1 Å². The summed E-state index contributed by atoms with van der Waals surface area (Å²) < 4.78 is 107. The van der Waals surface area contributed by atoms with Crippen molar-refractivity contribution >= 4 is 5.91 Å². The molecule has 0 spiro atoms. The molecular weight excluding hydrogens is 498 g/mol. The summed E-state index contributed by atoms with van der Waals surface area (Å²) in [5.74, 6) is -3.64. The average Bonchev–Trinajstić information content (AvgIpc) is 2.77. The van der Waals surface area contributed by atoms with E-state index in [1.54, 1.807) is 18.2 Å². The first-order valence-electron chi connectivity index (χ1n) is 10.4. The van der Waals surface area contributed by atoms with Crippen molar-refractivity contribution < 1.29 is 45.0 Å². The molecule has 0 saturated carbocycles. The van der Waals surface area contributed by atoms with Crippen LogP contribution < -0.4 is 5.32 Å². The molecule has 0 heterocycles. The van der Waals surface area contributed by atoms with E-state index in [0.717, 1.165) is 24.3 Å². The van der Waals surface area contributed by atoms with Crippen molar-refractivity contribution in [2.45, 2.75) is 36.8 Å². The second-order valence-corrected chi connectivity index (χ2v) is 8.13. The van der Waals surface area contributed by atoms with E-state index in [2.05, 4.69) is 5.32 Å². The maximum absolute atomic E-state index is 14.5. The Labute approximate surface area is 200 Å². The molecule has 0 aliphatic rings. The van der Waals surface area contributed by atoms with Crippen LogP contribution in [0, 0.1) is 11.6 Å². The smallest absolute Gasteiger partial charge is 0.383 e. The molecule has 0 aliphatic heterocycles. The van der Waals surface area contributed by atoms with Gasteiger partial charge in [-0.3, -0.25) is 4.79 Å². The molecule has 0 aromatic heterocycles. The van der Waals surface area contributed by atoms with E-state index in [1.165, 1.54) is 12.1 Å². The van der Waals surface area contributed by atoms with Gasteiger partial charge in [0.25, 0.3) is 0 Å². The van der Waals surface area contributed by atoms with Crippen LogP contribution >= 0.6 is 0 Å². The lowest BCUT2D eigenvalue weighted by molar-refractivity contribution is -0.164.